The Morgan fingerprint density at radius 3 is 2.32 bits per heavy atom. The predicted molar refractivity (Wildman–Crippen MR) is 97.4 cm³/mol. The molecule has 0 saturated carbocycles. The van der Waals surface area contributed by atoms with Crippen LogP contribution in [-0.4, -0.2) is 28.9 Å². The highest BCUT2D eigenvalue weighted by Gasteiger charge is 2.21. The molecule has 8 nitrogen and oxygen atoms in total. The number of nitrogens with zero attached hydrogens (tertiary/aromatic N) is 2. The molecular formula is C17H24N4O4. The lowest BCUT2D eigenvalue weighted by atomic mass is 10.1. The van der Waals surface area contributed by atoms with E-state index < -0.39 is 16.4 Å². The molecule has 1 aromatic carbocycles. The average molecular weight is 348 g/mol. The Morgan fingerprint density at radius 2 is 1.88 bits per heavy atom. The van der Waals surface area contributed by atoms with Gasteiger partial charge in [0.05, 0.1) is 17.1 Å². The predicted octanol–water partition coefficient (Wildman–Crippen LogP) is 3.00. The first-order valence-corrected chi connectivity index (χ1v) is 7.80. The number of non-ortho nitro benzene ring substituents is 1. The third kappa shape index (κ3) is 6.25. The minimum absolute atomic E-state index is 0.0217. The molecule has 8 heteroatoms. The topological polar surface area (TPSA) is 120 Å². The lowest BCUT2D eigenvalue weighted by molar-refractivity contribution is -0.384. The molecular weight excluding hydrogens is 324 g/mol. The summed E-state index contributed by atoms with van der Waals surface area (Å²) in [5.41, 5.74) is 6.69. The van der Waals surface area contributed by atoms with Crippen LogP contribution in [0.4, 0.5) is 11.4 Å². The molecule has 0 aliphatic carbocycles. The van der Waals surface area contributed by atoms with Crippen LogP contribution in [0.25, 0.3) is 0 Å². The number of nitro groups is 1. The third-order valence-corrected chi connectivity index (χ3v) is 2.98. The number of aliphatic imine (C=N–C) groups is 1. The number of benzene rings is 1. The number of rotatable bonds is 6. The third-order valence-electron chi connectivity index (χ3n) is 2.98. The molecule has 25 heavy (non-hydrogen) atoms. The maximum Gasteiger partial charge on any atom is 0.343 e. The Hall–Kier alpha value is -2.90. The van der Waals surface area contributed by atoms with Gasteiger partial charge in [0.15, 0.2) is 0 Å². The molecule has 3 N–H and O–H groups in total. The van der Waals surface area contributed by atoms with Crippen molar-refractivity contribution in [1.29, 1.82) is 0 Å². The molecule has 1 aromatic rings. The molecule has 0 fully saturated rings. The second-order valence-corrected chi connectivity index (χ2v) is 6.32. The van der Waals surface area contributed by atoms with Crippen molar-refractivity contribution < 1.29 is 14.5 Å². The zero-order chi connectivity index (χ0) is 19.2. The van der Waals surface area contributed by atoms with Gasteiger partial charge in [0.1, 0.15) is 11.4 Å². The number of amidine groups is 1. The second-order valence-electron chi connectivity index (χ2n) is 6.32. The number of nitro benzene ring substituents is 1. The fourth-order valence-corrected chi connectivity index (χ4v) is 2.02. The fraction of sp³-hybridized carbons (Fsp3) is 0.412. The molecule has 0 aliphatic heterocycles. The van der Waals surface area contributed by atoms with Crippen molar-refractivity contribution in [3.63, 3.8) is 0 Å². The summed E-state index contributed by atoms with van der Waals surface area (Å²) in [6, 6.07) is 5.82. The molecule has 0 unspecified atom stereocenters. The van der Waals surface area contributed by atoms with E-state index in [0.29, 0.717) is 11.4 Å². The lowest BCUT2D eigenvalue weighted by Crippen LogP contribution is -2.29. The minimum atomic E-state index is -0.583. The summed E-state index contributed by atoms with van der Waals surface area (Å²) in [6.07, 6.45) is 0. The first-order valence-electron chi connectivity index (χ1n) is 7.80. The number of carbonyl (C=O) groups excluding carboxylic acids is 1. The summed E-state index contributed by atoms with van der Waals surface area (Å²) in [6.45, 7) is 9.16. The number of anilines is 1. The highest BCUT2D eigenvalue weighted by Crippen LogP contribution is 2.19. The van der Waals surface area contributed by atoms with Crippen LogP contribution in [0.5, 0.6) is 0 Å². The molecule has 0 spiro atoms. The standard InChI is InChI=1S/C17H24N4O4/c1-6-25-16(22)14(15(18)20-17(3,4)5)11(2)19-12-7-9-13(10-8-12)21(23)24/h7-10,19H,6H2,1-5H3,(H2,18,20)/b14-11+. The number of carbonyl (C=O) groups is 1. The Morgan fingerprint density at radius 1 is 1.32 bits per heavy atom. The number of allylic oxidation sites excluding steroid dienone is 1. The van der Waals surface area contributed by atoms with E-state index in [1.807, 2.05) is 20.8 Å². The molecule has 0 aliphatic rings. The first kappa shape index (κ1) is 20.1. The summed E-state index contributed by atoms with van der Waals surface area (Å²) >= 11 is 0. The number of hydrogen-bond acceptors (Lipinski definition) is 6. The molecule has 0 bridgehead atoms. The molecule has 0 saturated heterocycles. The zero-order valence-electron chi connectivity index (χ0n) is 15.1. The van der Waals surface area contributed by atoms with E-state index in [2.05, 4.69) is 10.3 Å². The Kier molecular flexibility index (Phi) is 6.67. The molecule has 0 atom stereocenters. The van der Waals surface area contributed by atoms with Crippen molar-refractivity contribution in [2.45, 2.75) is 40.2 Å². The van der Waals surface area contributed by atoms with Gasteiger partial charge in [0.2, 0.25) is 0 Å². The van der Waals surface area contributed by atoms with Gasteiger partial charge in [-0.1, -0.05) is 0 Å². The monoisotopic (exact) mass is 348 g/mol. The SMILES string of the molecule is CCOC(=O)/C(C(N)=NC(C)(C)C)=C(\C)Nc1ccc([N+](=O)[O-])cc1. The van der Waals surface area contributed by atoms with E-state index in [0.717, 1.165) is 0 Å². The van der Waals surface area contributed by atoms with Gasteiger partial charge in [0, 0.05) is 23.5 Å². The highest BCUT2D eigenvalue weighted by molar-refractivity contribution is 6.19. The first-order chi connectivity index (χ1) is 11.5. The van der Waals surface area contributed by atoms with E-state index >= 15 is 0 Å². The quantitative estimate of drug-likeness (QED) is 0.204. The van der Waals surface area contributed by atoms with Crippen LogP contribution >= 0.6 is 0 Å². The highest BCUT2D eigenvalue weighted by atomic mass is 16.6. The largest absolute Gasteiger partial charge is 0.462 e. The smallest absolute Gasteiger partial charge is 0.343 e. The van der Waals surface area contributed by atoms with Crippen molar-refractivity contribution >= 4 is 23.2 Å². The maximum absolute atomic E-state index is 12.3. The van der Waals surface area contributed by atoms with Gasteiger partial charge >= 0.3 is 5.97 Å². The molecule has 0 amide bonds. The van der Waals surface area contributed by atoms with E-state index in [-0.39, 0.29) is 23.7 Å². The Balaban J connectivity index is 3.23. The lowest BCUT2D eigenvalue weighted by Gasteiger charge is -2.17. The van der Waals surface area contributed by atoms with Crippen molar-refractivity contribution in [2.75, 3.05) is 11.9 Å². The van der Waals surface area contributed by atoms with Crippen LogP contribution in [0.3, 0.4) is 0 Å². The summed E-state index contributed by atoms with van der Waals surface area (Å²) in [5, 5.41) is 13.7. The van der Waals surface area contributed by atoms with Crippen molar-refractivity contribution in [3.05, 3.63) is 45.6 Å². The number of nitrogens with one attached hydrogen (secondary N) is 1. The van der Waals surface area contributed by atoms with Gasteiger partial charge in [0.25, 0.3) is 5.69 Å². The van der Waals surface area contributed by atoms with E-state index in [1.54, 1.807) is 26.0 Å². The Bertz CT molecular complexity index is 700. The normalized spacial score (nSPS) is 13.1. The minimum Gasteiger partial charge on any atom is -0.462 e. The van der Waals surface area contributed by atoms with Gasteiger partial charge in [-0.25, -0.2) is 4.79 Å². The van der Waals surface area contributed by atoms with E-state index in [1.165, 1.54) is 12.1 Å². The number of esters is 1. The van der Waals surface area contributed by atoms with Crippen molar-refractivity contribution in [1.82, 2.24) is 0 Å². The zero-order valence-corrected chi connectivity index (χ0v) is 15.1. The summed E-state index contributed by atoms with van der Waals surface area (Å²) in [7, 11) is 0. The van der Waals surface area contributed by atoms with Crippen LogP contribution in [0, 0.1) is 10.1 Å². The summed E-state index contributed by atoms with van der Waals surface area (Å²) < 4.78 is 5.06. The van der Waals surface area contributed by atoms with Gasteiger partial charge < -0.3 is 15.8 Å². The molecule has 136 valence electrons. The van der Waals surface area contributed by atoms with Crippen molar-refractivity contribution in [2.24, 2.45) is 10.7 Å². The molecule has 0 heterocycles. The fourth-order valence-electron chi connectivity index (χ4n) is 2.02. The van der Waals surface area contributed by atoms with Crippen molar-refractivity contribution in [3.8, 4) is 0 Å². The maximum atomic E-state index is 12.3. The van der Waals surface area contributed by atoms with Crippen LogP contribution in [-0.2, 0) is 9.53 Å². The van der Waals surface area contributed by atoms with Gasteiger partial charge in [-0.2, -0.15) is 0 Å². The summed E-state index contributed by atoms with van der Waals surface area (Å²) in [4.78, 5) is 26.8. The molecule has 0 aromatic heterocycles. The number of ether oxygens (including phenoxy) is 1. The van der Waals surface area contributed by atoms with Crippen LogP contribution in [0.15, 0.2) is 40.5 Å². The molecule has 0 radical (unpaired) electrons. The van der Waals surface area contributed by atoms with E-state index in [4.69, 9.17) is 10.5 Å². The Labute approximate surface area is 146 Å². The van der Waals surface area contributed by atoms with Crippen LogP contribution in [0.2, 0.25) is 0 Å². The molecule has 1 rings (SSSR count). The van der Waals surface area contributed by atoms with Crippen LogP contribution < -0.4 is 11.1 Å². The van der Waals surface area contributed by atoms with Gasteiger partial charge in [-0.15, -0.1) is 0 Å². The van der Waals surface area contributed by atoms with Crippen LogP contribution in [0.1, 0.15) is 34.6 Å². The van der Waals surface area contributed by atoms with Gasteiger partial charge in [-0.05, 0) is 46.8 Å². The number of nitrogens with two attached hydrogens (primary N) is 1. The summed E-state index contributed by atoms with van der Waals surface area (Å²) in [5.74, 6) is -0.516. The second kappa shape index (κ2) is 8.27. The average Bonchev–Trinajstić information content (AvgIpc) is 2.46. The van der Waals surface area contributed by atoms with E-state index in [9.17, 15) is 14.9 Å². The number of hydrogen-bond donors (Lipinski definition) is 2. The van der Waals surface area contributed by atoms with Gasteiger partial charge in [-0.3, -0.25) is 15.1 Å².